The lowest BCUT2D eigenvalue weighted by Crippen LogP contribution is -2.60. The molecule has 1 N–H and O–H groups in total. The molecule has 8 nitrogen and oxygen atoms in total. The first-order valence-corrected chi connectivity index (χ1v) is 15.8. The van der Waals surface area contributed by atoms with E-state index in [9.17, 15) is 24.3 Å². The van der Waals surface area contributed by atoms with E-state index in [2.05, 4.69) is 15.9 Å². The second kappa shape index (κ2) is 10.8. The number of fused-ring (bicyclic) bond motifs is 4. The number of carbonyl (C=O) groups excluding carboxylic acids is 4. The van der Waals surface area contributed by atoms with Crippen LogP contribution in [-0.4, -0.2) is 62.1 Å². The Morgan fingerprint density at radius 1 is 1.00 bits per heavy atom. The third-order valence-corrected chi connectivity index (χ3v) is 11.1. The van der Waals surface area contributed by atoms with Gasteiger partial charge in [-0.3, -0.25) is 29.0 Å². The molecule has 0 spiro atoms. The molecule has 42 heavy (non-hydrogen) atoms. The van der Waals surface area contributed by atoms with E-state index in [0.29, 0.717) is 22.6 Å². The standard InChI is InChI=1S/C31H29BrCl2N2O6/c1-2-17-7-9-18(10-8-17)36-26(38)21-12-11-19-22(24(21)27(36)39)15-30(33)28(40)35(16-32)29(41)31(30,34)25(19)20-5-3-4-6-23(20)42-14-13-37/h3-11,21-22,24-25,37H,2,12-16H2,1H3/t21-,22+,24-,25+,30+,31-/m0/s1. The topological polar surface area (TPSA) is 104 Å². The molecule has 2 heterocycles. The van der Waals surface area contributed by atoms with Gasteiger partial charge < -0.3 is 9.84 Å². The molecule has 220 valence electrons. The summed E-state index contributed by atoms with van der Waals surface area (Å²) >= 11 is 17.8. The zero-order chi connectivity index (χ0) is 30.0. The maximum atomic E-state index is 14.1. The highest BCUT2D eigenvalue weighted by atomic mass is 79.9. The van der Waals surface area contributed by atoms with Gasteiger partial charge in [-0.15, -0.1) is 23.2 Å². The van der Waals surface area contributed by atoms with E-state index in [1.807, 2.05) is 25.1 Å². The number of allylic oxidation sites excluding steroid dienone is 2. The summed E-state index contributed by atoms with van der Waals surface area (Å²) in [5.74, 6) is -4.56. The highest BCUT2D eigenvalue weighted by Gasteiger charge is 2.76. The van der Waals surface area contributed by atoms with E-state index in [4.69, 9.17) is 27.9 Å². The number of aryl methyl sites for hydroxylation is 1. The molecule has 0 radical (unpaired) electrons. The molecule has 11 heteroatoms. The SMILES string of the molecule is CCc1ccc(N2C(=O)[C@H]3[C@H](CC=C4[C@H]3C[C@@]3(Cl)C(=O)N(CBr)C(=O)[C@@]3(Cl)[C@H]4c3ccccc3OCCO)C2=O)cc1. The van der Waals surface area contributed by atoms with Crippen LogP contribution < -0.4 is 9.64 Å². The number of amides is 4. The Balaban J connectivity index is 1.50. The first-order valence-electron chi connectivity index (χ1n) is 13.9. The summed E-state index contributed by atoms with van der Waals surface area (Å²) in [5, 5.41) is 9.44. The van der Waals surface area contributed by atoms with Crippen LogP contribution >= 0.6 is 39.1 Å². The molecule has 2 saturated heterocycles. The summed E-state index contributed by atoms with van der Waals surface area (Å²) in [6.45, 7) is 1.79. The smallest absolute Gasteiger partial charge is 0.254 e. The van der Waals surface area contributed by atoms with Crippen molar-refractivity contribution in [2.75, 3.05) is 23.6 Å². The number of hydrogen-bond donors (Lipinski definition) is 1. The van der Waals surface area contributed by atoms with Crippen molar-refractivity contribution in [3.63, 3.8) is 0 Å². The van der Waals surface area contributed by atoms with Crippen LogP contribution in [0.4, 0.5) is 5.69 Å². The summed E-state index contributed by atoms with van der Waals surface area (Å²) in [7, 11) is 0. The van der Waals surface area contributed by atoms with Crippen LogP contribution in [0, 0.1) is 17.8 Å². The van der Waals surface area contributed by atoms with E-state index in [-0.39, 0.29) is 43.3 Å². The van der Waals surface area contributed by atoms with Crippen LogP contribution in [0.15, 0.2) is 60.2 Å². The minimum absolute atomic E-state index is 0.00260. The summed E-state index contributed by atoms with van der Waals surface area (Å²) in [5.41, 5.74) is 2.68. The Morgan fingerprint density at radius 3 is 2.38 bits per heavy atom. The van der Waals surface area contributed by atoms with Gasteiger partial charge in [0.2, 0.25) is 11.8 Å². The fraction of sp³-hybridized carbons (Fsp3) is 0.419. The van der Waals surface area contributed by atoms with E-state index in [0.717, 1.165) is 16.9 Å². The molecule has 2 aromatic rings. The molecule has 0 unspecified atom stereocenters. The second-order valence-corrected chi connectivity index (χ2v) is 12.9. The average molecular weight is 676 g/mol. The number of benzene rings is 2. The van der Waals surface area contributed by atoms with E-state index < -0.39 is 45.2 Å². The van der Waals surface area contributed by atoms with Gasteiger partial charge in [0.25, 0.3) is 11.8 Å². The number of imide groups is 2. The highest BCUT2D eigenvalue weighted by molar-refractivity contribution is 9.09. The molecule has 4 aliphatic rings. The molecule has 0 aromatic heterocycles. The predicted molar refractivity (Wildman–Crippen MR) is 161 cm³/mol. The van der Waals surface area contributed by atoms with Gasteiger partial charge in [-0.25, -0.2) is 0 Å². The number of anilines is 1. The van der Waals surface area contributed by atoms with Crippen molar-refractivity contribution in [1.82, 2.24) is 4.90 Å². The van der Waals surface area contributed by atoms with E-state index in [1.165, 1.54) is 4.90 Å². The van der Waals surface area contributed by atoms with Crippen LogP contribution in [0.5, 0.6) is 5.75 Å². The number of nitrogens with zero attached hydrogens (tertiary/aromatic N) is 2. The molecular formula is C31H29BrCl2N2O6. The number of rotatable bonds is 7. The zero-order valence-electron chi connectivity index (χ0n) is 22.8. The lowest BCUT2D eigenvalue weighted by molar-refractivity contribution is -0.138. The van der Waals surface area contributed by atoms with Gasteiger partial charge in [0, 0.05) is 11.5 Å². The Labute approximate surface area is 261 Å². The van der Waals surface area contributed by atoms with Crippen molar-refractivity contribution < 1.29 is 29.0 Å². The molecule has 4 amide bonds. The number of halogens is 3. The van der Waals surface area contributed by atoms with Crippen LogP contribution in [0.25, 0.3) is 0 Å². The van der Waals surface area contributed by atoms with Crippen molar-refractivity contribution in [2.24, 2.45) is 17.8 Å². The van der Waals surface area contributed by atoms with Gasteiger partial charge in [0.15, 0.2) is 9.75 Å². The van der Waals surface area contributed by atoms with Crippen LogP contribution in [0.1, 0.15) is 36.8 Å². The summed E-state index contributed by atoms with van der Waals surface area (Å²) in [6.07, 6.45) is 2.90. The van der Waals surface area contributed by atoms with Gasteiger partial charge >= 0.3 is 0 Å². The second-order valence-electron chi connectivity index (χ2n) is 11.1. The zero-order valence-corrected chi connectivity index (χ0v) is 25.9. The molecular weight excluding hydrogens is 647 g/mol. The van der Waals surface area contributed by atoms with E-state index >= 15 is 0 Å². The number of carbonyl (C=O) groups is 4. The Hall–Kier alpha value is -2.72. The van der Waals surface area contributed by atoms with Gasteiger partial charge in [-0.2, -0.15) is 0 Å². The number of likely N-dealkylation sites (tertiary alicyclic amines) is 1. The van der Waals surface area contributed by atoms with Crippen molar-refractivity contribution in [1.29, 1.82) is 0 Å². The Kier molecular flexibility index (Phi) is 7.53. The normalized spacial score (nSPS) is 32.1. The maximum absolute atomic E-state index is 14.1. The minimum atomic E-state index is -1.92. The molecule has 0 bridgehead atoms. The van der Waals surface area contributed by atoms with Crippen molar-refractivity contribution in [3.8, 4) is 5.75 Å². The molecule has 6 rings (SSSR count). The van der Waals surface area contributed by atoms with Gasteiger partial charge in [0.05, 0.1) is 29.6 Å². The largest absolute Gasteiger partial charge is 0.491 e. The van der Waals surface area contributed by atoms with E-state index in [1.54, 1.807) is 36.4 Å². The highest BCUT2D eigenvalue weighted by Crippen LogP contribution is 2.66. The van der Waals surface area contributed by atoms with Crippen LogP contribution in [-0.2, 0) is 25.6 Å². The molecule has 2 aliphatic heterocycles. The number of aliphatic hydroxyl groups excluding tert-OH is 1. The number of alkyl halides is 3. The maximum Gasteiger partial charge on any atom is 0.254 e. The first kappa shape index (κ1) is 29.4. The summed E-state index contributed by atoms with van der Waals surface area (Å²) in [4.78, 5) is 54.1. The molecule has 6 atom stereocenters. The number of hydrogen-bond acceptors (Lipinski definition) is 6. The third kappa shape index (κ3) is 3.96. The van der Waals surface area contributed by atoms with Crippen LogP contribution in [0.3, 0.4) is 0 Å². The molecule has 1 saturated carbocycles. The number of aliphatic hydroxyl groups is 1. The number of ether oxygens (including phenoxy) is 1. The molecule has 2 aromatic carbocycles. The van der Waals surface area contributed by atoms with Crippen LogP contribution in [0.2, 0.25) is 0 Å². The average Bonchev–Trinajstić information content (AvgIpc) is 3.34. The Bertz CT molecular complexity index is 1510. The van der Waals surface area contributed by atoms with Crippen molar-refractivity contribution in [3.05, 3.63) is 71.3 Å². The molecule has 2 aliphatic carbocycles. The lowest BCUT2D eigenvalue weighted by Gasteiger charge is -2.51. The number of para-hydroxylation sites is 1. The Morgan fingerprint density at radius 2 is 1.71 bits per heavy atom. The first-order chi connectivity index (χ1) is 20.1. The lowest BCUT2D eigenvalue weighted by atomic mass is 9.56. The van der Waals surface area contributed by atoms with Gasteiger partial charge in [-0.05, 0) is 48.9 Å². The summed E-state index contributed by atoms with van der Waals surface area (Å²) < 4.78 is 5.85. The van der Waals surface area contributed by atoms with Gasteiger partial charge in [0.1, 0.15) is 12.4 Å². The predicted octanol–water partition coefficient (Wildman–Crippen LogP) is 4.54. The monoisotopic (exact) mass is 674 g/mol. The molecule has 3 fully saturated rings. The minimum Gasteiger partial charge on any atom is -0.491 e. The summed E-state index contributed by atoms with van der Waals surface area (Å²) in [6, 6.07) is 14.3. The van der Waals surface area contributed by atoms with Gasteiger partial charge in [-0.1, -0.05) is 64.8 Å². The fourth-order valence-corrected chi connectivity index (χ4v) is 8.66. The van der Waals surface area contributed by atoms with Crippen molar-refractivity contribution >= 4 is 68.4 Å². The van der Waals surface area contributed by atoms with Crippen molar-refractivity contribution in [2.45, 2.75) is 41.9 Å². The third-order valence-electron chi connectivity index (χ3n) is 9.20. The quantitative estimate of drug-likeness (QED) is 0.200. The fourth-order valence-electron chi connectivity index (χ4n) is 7.24.